The molecule has 0 unspecified atom stereocenters. The van der Waals surface area contributed by atoms with Crippen LogP contribution in [-0.4, -0.2) is 23.0 Å². The van der Waals surface area contributed by atoms with Gasteiger partial charge in [-0.25, -0.2) is 9.78 Å². The topological polar surface area (TPSA) is 76.1 Å². The van der Waals surface area contributed by atoms with Crippen LogP contribution < -0.4 is 10.6 Å². The zero-order valence-electron chi connectivity index (χ0n) is 16.4. The van der Waals surface area contributed by atoms with E-state index in [0.29, 0.717) is 17.3 Å². The Balaban J connectivity index is 1.66. The van der Waals surface area contributed by atoms with Crippen LogP contribution in [0, 0.1) is 0 Å². The molecule has 0 bridgehead atoms. The summed E-state index contributed by atoms with van der Waals surface area (Å²) in [6, 6.07) is 28.6. The number of para-hydroxylation sites is 1. The van der Waals surface area contributed by atoms with Crippen molar-refractivity contribution in [3.8, 4) is 11.3 Å². The monoisotopic (exact) mass is 396 g/mol. The summed E-state index contributed by atoms with van der Waals surface area (Å²) < 4.78 is 4.74. The molecular formula is C24H20N4O2. The molecule has 0 aliphatic rings. The van der Waals surface area contributed by atoms with Crippen molar-refractivity contribution >= 4 is 29.1 Å². The summed E-state index contributed by atoms with van der Waals surface area (Å²) in [6.07, 6.45) is 0. The Morgan fingerprint density at radius 2 is 1.40 bits per heavy atom. The maximum atomic E-state index is 11.6. The minimum Gasteiger partial charge on any atom is -0.465 e. The van der Waals surface area contributed by atoms with Crippen LogP contribution in [0.25, 0.3) is 11.3 Å². The summed E-state index contributed by atoms with van der Waals surface area (Å²) >= 11 is 0. The molecule has 1 aromatic heterocycles. The Bertz CT molecular complexity index is 1130. The van der Waals surface area contributed by atoms with Crippen LogP contribution in [0.15, 0.2) is 91.0 Å². The van der Waals surface area contributed by atoms with E-state index in [2.05, 4.69) is 20.6 Å². The molecule has 6 nitrogen and oxygen atoms in total. The number of carbonyl (C=O) groups is 1. The molecule has 0 saturated heterocycles. The van der Waals surface area contributed by atoms with Crippen LogP contribution in [0.1, 0.15) is 10.4 Å². The highest BCUT2D eigenvalue weighted by atomic mass is 16.5. The van der Waals surface area contributed by atoms with Crippen molar-refractivity contribution in [2.24, 2.45) is 0 Å². The maximum Gasteiger partial charge on any atom is 0.337 e. The summed E-state index contributed by atoms with van der Waals surface area (Å²) in [5, 5.41) is 6.53. The van der Waals surface area contributed by atoms with Crippen molar-refractivity contribution in [1.82, 2.24) is 9.97 Å². The van der Waals surface area contributed by atoms with E-state index in [1.54, 1.807) is 24.3 Å². The Hall–Kier alpha value is -4.19. The van der Waals surface area contributed by atoms with E-state index in [4.69, 9.17) is 4.74 Å². The number of anilines is 4. The van der Waals surface area contributed by atoms with E-state index >= 15 is 0 Å². The Kier molecular flexibility index (Phi) is 5.66. The van der Waals surface area contributed by atoms with Crippen molar-refractivity contribution in [2.45, 2.75) is 0 Å². The number of esters is 1. The van der Waals surface area contributed by atoms with Crippen LogP contribution >= 0.6 is 0 Å². The zero-order chi connectivity index (χ0) is 20.8. The number of nitrogens with one attached hydrogen (secondary N) is 2. The minimum absolute atomic E-state index is 0.371. The number of rotatable bonds is 6. The van der Waals surface area contributed by atoms with E-state index < -0.39 is 0 Å². The molecular weight excluding hydrogens is 376 g/mol. The largest absolute Gasteiger partial charge is 0.465 e. The van der Waals surface area contributed by atoms with Crippen LogP contribution in [-0.2, 0) is 4.74 Å². The van der Waals surface area contributed by atoms with Gasteiger partial charge in [-0.05, 0) is 36.4 Å². The summed E-state index contributed by atoms with van der Waals surface area (Å²) in [4.78, 5) is 20.9. The Labute approximate surface area is 174 Å². The maximum absolute atomic E-state index is 11.6. The van der Waals surface area contributed by atoms with Gasteiger partial charge < -0.3 is 15.4 Å². The summed E-state index contributed by atoms with van der Waals surface area (Å²) in [5.41, 5.74) is 3.96. The molecule has 0 spiro atoms. The van der Waals surface area contributed by atoms with Gasteiger partial charge in [0.1, 0.15) is 5.82 Å². The first-order valence-corrected chi connectivity index (χ1v) is 9.43. The van der Waals surface area contributed by atoms with Crippen LogP contribution in [0.5, 0.6) is 0 Å². The van der Waals surface area contributed by atoms with Crippen molar-refractivity contribution in [2.75, 3.05) is 17.7 Å². The van der Waals surface area contributed by atoms with E-state index in [-0.39, 0.29) is 5.97 Å². The third-order valence-electron chi connectivity index (χ3n) is 4.40. The van der Waals surface area contributed by atoms with Gasteiger partial charge in [0, 0.05) is 23.0 Å². The van der Waals surface area contributed by atoms with E-state index in [0.717, 1.165) is 22.6 Å². The number of benzene rings is 3. The molecule has 2 N–H and O–H groups in total. The lowest BCUT2D eigenvalue weighted by Gasteiger charge is -2.12. The highest BCUT2D eigenvalue weighted by molar-refractivity contribution is 5.89. The normalized spacial score (nSPS) is 10.3. The van der Waals surface area contributed by atoms with Crippen molar-refractivity contribution < 1.29 is 9.53 Å². The molecule has 0 amide bonds. The second-order valence-electron chi connectivity index (χ2n) is 6.51. The molecule has 30 heavy (non-hydrogen) atoms. The molecule has 0 radical (unpaired) electrons. The quantitative estimate of drug-likeness (QED) is 0.424. The lowest BCUT2D eigenvalue weighted by atomic mass is 10.1. The molecule has 0 saturated carbocycles. The van der Waals surface area contributed by atoms with Gasteiger partial charge in [0.15, 0.2) is 0 Å². The molecule has 1 heterocycles. The fraction of sp³-hybridized carbons (Fsp3) is 0.0417. The standard InChI is InChI=1S/C24H20N4O2/c1-30-23(29)18-12-14-20(15-13-18)25-22-16-21(17-8-4-2-5-9-17)27-24(28-22)26-19-10-6-3-7-11-19/h2-16H,1H3,(H2,25,26,27,28). The first-order valence-electron chi connectivity index (χ1n) is 9.43. The van der Waals surface area contributed by atoms with Crippen molar-refractivity contribution in [3.63, 3.8) is 0 Å². The van der Waals surface area contributed by atoms with Crippen molar-refractivity contribution in [3.05, 3.63) is 96.6 Å². The summed E-state index contributed by atoms with van der Waals surface area (Å²) in [7, 11) is 1.36. The molecule has 148 valence electrons. The van der Waals surface area contributed by atoms with Crippen LogP contribution in [0.4, 0.5) is 23.1 Å². The number of hydrogen-bond donors (Lipinski definition) is 2. The average molecular weight is 396 g/mol. The molecule has 4 aromatic rings. The van der Waals surface area contributed by atoms with E-state index in [1.165, 1.54) is 7.11 Å². The lowest BCUT2D eigenvalue weighted by Crippen LogP contribution is -2.03. The highest BCUT2D eigenvalue weighted by Gasteiger charge is 2.09. The molecule has 0 aliphatic carbocycles. The van der Waals surface area contributed by atoms with Gasteiger partial charge in [-0.15, -0.1) is 0 Å². The van der Waals surface area contributed by atoms with Crippen LogP contribution in [0.3, 0.4) is 0 Å². The number of hydrogen-bond acceptors (Lipinski definition) is 6. The van der Waals surface area contributed by atoms with Gasteiger partial charge in [-0.1, -0.05) is 48.5 Å². The van der Waals surface area contributed by atoms with Gasteiger partial charge in [-0.2, -0.15) is 4.98 Å². The minimum atomic E-state index is -0.371. The van der Waals surface area contributed by atoms with Gasteiger partial charge in [-0.3, -0.25) is 0 Å². The predicted molar refractivity (Wildman–Crippen MR) is 118 cm³/mol. The molecule has 6 heteroatoms. The van der Waals surface area contributed by atoms with Gasteiger partial charge in [0.2, 0.25) is 5.95 Å². The van der Waals surface area contributed by atoms with Crippen LogP contribution in [0.2, 0.25) is 0 Å². The first-order chi connectivity index (χ1) is 14.7. The SMILES string of the molecule is COC(=O)c1ccc(Nc2cc(-c3ccccc3)nc(Nc3ccccc3)n2)cc1. The van der Waals surface area contributed by atoms with E-state index in [9.17, 15) is 4.79 Å². The Morgan fingerprint density at radius 3 is 2.07 bits per heavy atom. The second kappa shape index (κ2) is 8.87. The lowest BCUT2D eigenvalue weighted by molar-refractivity contribution is 0.0601. The number of ether oxygens (including phenoxy) is 1. The molecule has 4 rings (SSSR count). The van der Waals surface area contributed by atoms with E-state index in [1.807, 2.05) is 66.7 Å². The summed E-state index contributed by atoms with van der Waals surface area (Å²) in [5.74, 6) is 0.744. The summed E-state index contributed by atoms with van der Waals surface area (Å²) in [6.45, 7) is 0. The third kappa shape index (κ3) is 4.62. The smallest absolute Gasteiger partial charge is 0.337 e. The number of carbonyl (C=O) groups excluding carboxylic acids is 1. The zero-order valence-corrected chi connectivity index (χ0v) is 16.4. The van der Waals surface area contributed by atoms with Gasteiger partial charge >= 0.3 is 5.97 Å². The fourth-order valence-electron chi connectivity index (χ4n) is 2.93. The number of aromatic nitrogens is 2. The predicted octanol–water partition coefficient (Wildman–Crippen LogP) is 5.42. The van der Waals surface area contributed by atoms with Crippen molar-refractivity contribution in [1.29, 1.82) is 0 Å². The Morgan fingerprint density at radius 1 is 0.767 bits per heavy atom. The number of methoxy groups -OCH3 is 1. The molecule has 0 fully saturated rings. The number of nitrogens with zero attached hydrogens (tertiary/aromatic N) is 2. The molecule has 0 aliphatic heterocycles. The van der Waals surface area contributed by atoms with Gasteiger partial charge in [0.25, 0.3) is 0 Å². The second-order valence-corrected chi connectivity index (χ2v) is 6.51. The third-order valence-corrected chi connectivity index (χ3v) is 4.40. The highest BCUT2D eigenvalue weighted by Crippen LogP contribution is 2.25. The first kappa shape index (κ1) is 19.1. The van der Waals surface area contributed by atoms with Gasteiger partial charge in [0.05, 0.1) is 18.4 Å². The molecule has 0 atom stereocenters. The average Bonchev–Trinajstić information content (AvgIpc) is 2.80. The molecule has 3 aromatic carbocycles. The fourth-order valence-corrected chi connectivity index (χ4v) is 2.93.